The predicted molar refractivity (Wildman–Crippen MR) is 88.6 cm³/mol. The van der Waals surface area contributed by atoms with Crippen LogP contribution in [0.15, 0.2) is 0 Å². The number of carbonyl (C=O) groups is 1. The van der Waals surface area contributed by atoms with Crippen LogP contribution in [0.3, 0.4) is 0 Å². The Bertz CT molecular complexity index is 435. The van der Waals surface area contributed by atoms with Crippen LogP contribution in [0.4, 0.5) is 13.2 Å². The van der Waals surface area contributed by atoms with Crippen molar-refractivity contribution in [2.24, 2.45) is 0 Å². The summed E-state index contributed by atoms with van der Waals surface area (Å²) in [6.45, 7) is 6.44. The van der Waals surface area contributed by atoms with Crippen molar-refractivity contribution in [1.29, 1.82) is 0 Å². The first-order chi connectivity index (χ1) is 12.2. The number of unbranched alkanes of at least 4 members (excludes halogenated alkanes) is 2. The third-order valence-electron chi connectivity index (χ3n) is 4.29. The van der Waals surface area contributed by atoms with E-state index in [-0.39, 0.29) is 6.61 Å². The Morgan fingerprint density at radius 2 is 1.81 bits per heavy atom. The molecule has 154 valence electrons. The lowest BCUT2D eigenvalue weighted by Gasteiger charge is -2.35. The molecular weight excluding hydrogens is 355 g/mol. The molecule has 1 amide bonds. The van der Waals surface area contributed by atoms with Gasteiger partial charge in [-0.2, -0.15) is 13.2 Å². The highest BCUT2D eigenvalue weighted by atomic mass is 19.4. The molecule has 0 saturated carbocycles. The van der Waals surface area contributed by atoms with Crippen LogP contribution >= 0.6 is 0 Å². The summed E-state index contributed by atoms with van der Waals surface area (Å²) in [6, 6.07) is 0. The zero-order valence-electron chi connectivity index (χ0n) is 15.9. The highest BCUT2D eigenvalue weighted by Crippen LogP contribution is 2.35. The van der Waals surface area contributed by atoms with Crippen LogP contribution in [-0.2, 0) is 23.7 Å². The number of methoxy groups -OCH3 is 1. The molecule has 0 unspecified atom stereocenters. The molecule has 1 aliphatic heterocycles. The average molecular weight is 385 g/mol. The third-order valence-corrected chi connectivity index (χ3v) is 4.29. The Morgan fingerprint density at radius 1 is 1.19 bits per heavy atom. The first kappa shape index (κ1) is 23.1. The molecule has 0 aromatic rings. The molecule has 0 spiro atoms. The predicted octanol–water partition coefficient (Wildman–Crippen LogP) is 2.80. The number of ether oxygens (including phenoxy) is 4. The minimum atomic E-state index is -5.01. The Kier molecular flexibility index (Phi) is 9.29. The van der Waals surface area contributed by atoms with Gasteiger partial charge in [0.1, 0.15) is 17.7 Å². The molecule has 0 bridgehead atoms. The fraction of sp³-hybridized carbons (Fsp3) is 0.941. The number of nitrogens with one attached hydrogen (secondary N) is 1. The molecule has 1 aliphatic rings. The minimum absolute atomic E-state index is 0.147. The summed E-state index contributed by atoms with van der Waals surface area (Å²) in [5, 5.41) is 2.01. The van der Waals surface area contributed by atoms with E-state index < -0.39 is 36.1 Å². The van der Waals surface area contributed by atoms with Crippen LogP contribution in [0.25, 0.3) is 0 Å². The Morgan fingerprint density at radius 3 is 2.35 bits per heavy atom. The van der Waals surface area contributed by atoms with Crippen molar-refractivity contribution in [3.05, 3.63) is 0 Å². The monoisotopic (exact) mass is 385 g/mol. The van der Waals surface area contributed by atoms with E-state index >= 15 is 0 Å². The normalized spacial score (nSPS) is 29.1. The summed E-state index contributed by atoms with van der Waals surface area (Å²) < 4.78 is 60.6. The number of hydrogen-bond donors (Lipinski definition) is 1. The largest absolute Gasteiger partial charge is 0.471 e. The Balaban J connectivity index is 2.93. The number of halogens is 3. The standard InChI is InChI=1S/C17H30F3NO5/c1-5-7-9-24-11-12-13(25-10-8-6-2)16(3,15(23-4)26-12)21-14(22)17(18,19)20/h12-13,15H,5-11H2,1-4H3,(H,21,22)/t12-,13-,15+,16-/m1/s1. The lowest BCUT2D eigenvalue weighted by atomic mass is 9.92. The fourth-order valence-electron chi connectivity index (χ4n) is 2.85. The van der Waals surface area contributed by atoms with Gasteiger partial charge in [0.2, 0.25) is 0 Å². The molecule has 0 radical (unpaired) electrons. The second kappa shape index (κ2) is 10.4. The molecule has 0 aliphatic carbocycles. The van der Waals surface area contributed by atoms with Gasteiger partial charge in [0.15, 0.2) is 6.29 Å². The maximum absolute atomic E-state index is 12.8. The molecule has 0 aromatic carbocycles. The van der Waals surface area contributed by atoms with Gasteiger partial charge in [-0.1, -0.05) is 26.7 Å². The van der Waals surface area contributed by atoms with Gasteiger partial charge >= 0.3 is 12.1 Å². The smallest absolute Gasteiger partial charge is 0.379 e. The summed E-state index contributed by atoms with van der Waals surface area (Å²) in [5.41, 5.74) is -1.49. The van der Waals surface area contributed by atoms with Gasteiger partial charge < -0.3 is 24.3 Å². The van der Waals surface area contributed by atoms with E-state index in [1.54, 1.807) is 0 Å². The number of rotatable bonds is 11. The maximum atomic E-state index is 12.8. The first-order valence-corrected chi connectivity index (χ1v) is 8.97. The molecule has 1 rings (SSSR count). The van der Waals surface area contributed by atoms with Gasteiger partial charge in [-0.15, -0.1) is 0 Å². The van der Waals surface area contributed by atoms with Crippen LogP contribution in [0.2, 0.25) is 0 Å². The van der Waals surface area contributed by atoms with E-state index in [1.165, 1.54) is 14.0 Å². The molecule has 1 N–H and O–H groups in total. The summed E-state index contributed by atoms with van der Waals surface area (Å²) in [6.07, 6.45) is -4.14. The van der Waals surface area contributed by atoms with Crippen molar-refractivity contribution in [2.75, 3.05) is 26.9 Å². The van der Waals surface area contributed by atoms with Gasteiger partial charge in [0, 0.05) is 20.3 Å². The van der Waals surface area contributed by atoms with Crippen LogP contribution < -0.4 is 5.32 Å². The quantitative estimate of drug-likeness (QED) is 0.554. The molecule has 26 heavy (non-hydrogen) atoms. The zero-order chi connectivity index (χ0) is 19.8. The van der Waals surface area contributed by atoms with E-state index in [0.717, 1.165) is 25.7 Å². The highest BCUT2D eigenvalue weighted by molar-refractivity contribution is 5.82. The van der Waals surface area contributed by atoms with E-state index in [9.17, 15) is 18.0 Å². The molecule has 9 heteroatoms. The second-order valence-electron chi connectivity index (χ2n) is 6.55. The SMILES string of the molecule is CCCCOC[C@H]1O[C@H](OC)[C@](C)(NC(=O)C(F)(F)F)[C@@H]1OCCCC. The van der Waals surface area contributed by atoms with Crippen molar-refractivity contribution in [2.45, 2.75) is 76.7 Å². The lowest BCUT2D eigenvalue weighted by molar-refractivity contribution is -0.183. The fourth-order valence-corrected chi connectivity index (χ4v) is 2.85. The van der Waals surface area contributed by atoms with Crippen LogP contribution in [-0.4, -0.2) is 63.1 Å². The zero-order valence-corrected chi connectivity index (χ0v) is 15.9. The number of alkyl halides is 3. The molecule has 0 aromatic heterocycles. The summed E-state index contributed by atoms with van der Waals surface area (Å²) in [5.74, 6) is -2.05. The molecule has 4 atom stereocenters. The van der Waals surface area contributed by atoms with Crippen molar-refractivity contribution in [1.82, 2.24) is 5.32 Å². The molecular formula is C17H30F3NO5. The van der Waals surface area contributed by atoms with Gasteiger partial charge in [-0.05, 0) is 19.8 Å². The third kappa shape index (κ3) is 6.07. The van der Waals surface area contributed by atoms with Crippen molar-refractivity contribution < 1.29 is 36.9 Å². The molecule has 1 saturated heterocycles. The molecule has 1 heterocycles. The Hall–Kier alpha value is -0.900. The van der Waals surface area contributed by atoms with Crippen LogP contribution in [0.1, 0.15) is 46.5 Å². The van der Waals surface area contributed by atoms with Crippen LogP contribution in [0, 0.1) is 0 Å². The van der Waals surface area contributed by atoms with Crippen LogP contribution in [0.5, 0.6) is 0 Å². The summed E-state index contributed by atoms with van der Waals surface area (Å²) in [4.78, 5) is 11.5. The van der Waals surface area contributed by atoms with E-state index in [0.29, 0.717) is 13.2 Å². The van der Waals surface area contributed by atoms with E-state index in [2.05, 4.69) is 0 Å². The van der Waals surface area contributed by atoms with E-state index in [4.69, 9.17) is 18.9 Å². The van der Waals surface area contributed by atoms with Gasteiger partial charge in [0.05, 0.1) is 6.61 Å². The van der Waals surface area contributed by atoms with Crippen molar-refractivity contribution in [3.8, 4) is 0 Å². The summed E-state index contributed by atoms with van der Waals surface area (Å²) >= 11 is 0. The van der Waals surface area contributed by atoms with Crippen molar-refractivity contribution in [3.63, 3.8) is 0 Å². The number of hydrogen-bond acceptors (Lipinski definition) is 5. The summed E-state index contributed by atoms with van der Waals surface area (Å²) in [7, 11) is 1.31. The topological polar surface area (TPSA) is 66.0 Å². The lowest BCUT2D eigenvalue weighted by Crippen LogP contribution is -2.62. The van der Waals surface area contributed by atoms with Gasteiger partial charge in [0.25, 0.3) is 0 Å². The Labute approximate surface area is 152 Å². The number of amides is 1. The van der Waals surface area contributed by atoms with E-state index in [1.807, 2.05) is 19.2 Å². The molecule has 6 nitrogen and oxygen atoms in total. The van der Waals surface area contributed by atoms with Gasteiger partial charge in [-0.3, -0.25) is 4.79 Å². The second-order valence-corrected chi connectivity index (χ2v) is 6.55. The average Bonchev–Trinajstić information content (AvgIpc) is 2.83. The van der Waals surface area contributed by atoms with Gasteiger partial charge in [-0.25, -0.2) is 0 Å². The highest BCUT2D eigenvalue weighted by Gasteiger charge is 2.58. The minimum Gasteiger partial charge on any atom is -0.379 e. The first-order valence-electron chi connectivity index (χ1n) is 8.97. The number of carbonyl (C=O) groups excluding carboxylic acids is 1. The maximum Gasteiger partial charge on any atom is 0.471 e. The molecule has 1 fully saturated rings. The van der Waals surface area contributed by atoms with Crippen molar-refractivity contribution >= 4 is 5.91 Å².